The molecule has 0 atom stereocenters. The maximum atomic E-state index is 14.0. The standard InChI is InChI=1S/C17H14FNO2/c1-2-21-17(20)15-10-11-6-5-8-13(16(11)19-15)12-7-3-4-9-14(12)18/h3-10,19H,2H2,1H3. The predicted octanol–water partition coefficient (Wildman–Crippen LogP) is 4.15. The first-order chi connectivity index (χ1) is 10.2. The Balaban J connectivity index is 2.17. The van der Waals surface area contributed by atoms with Crippen molar-refractivity contribution in [2.75, 3.05) is 6.61 Å². The average Bonchev–Trinajstić information content (AvgIpc) is 2.92. The fourth-order valence-corrected chi connectivity index (χ4v) is 2.38. The number of carbonyl (C=O) groups is 1. The van der Waals surface area contributed by atoms with Crippen molar-refractivity contribution in [1.29, 1.82) is 0 Å². The number of benzene rings is 2. The number of aromatic nitrogens is 1. The van der Waals surface area contributed by atoms with Gasteiger partial charge in [0.2, 0.25) is 0 Å². The van der Waals surface area contributed by atoms with Crippen molar-refractivity contribution in [3.8, 4) is 11.1 Å². The second-order valence-electron chi connectivity index (χ2n) is 4.65. The van der Waals surface area contributed by atoms with E-state index >= 15 is 0 Å². The summed E-state index contributed by atoms with van der Waals surface area (Å²) in [6, 6.07) is 13.8. The number of rotatable bonds is 3. The van der Waals surface area contributed by atoms with E-state index in [-0.39, 0.29) is 5.82 Å². The summed E-state index contributed by atoms with van der Waals surface area (Å²) >= 11 is 0. The first-order valence-electron chi connectivity index (χ1n) is 6.74. The molecule has 0 spiro atoms. The molecule has 0 radical (unpaired) electrons. The van der Waals surface area contributed by atoms with Gasteiger partial charge >= 0.3 is 5.97 Å². The third-order valence-electron chi connectivity index (χ3n) is 3.32. The molecule has 1 heterocycles. The summed E-state index contributed by atoms with van der Waals surface area (Å²) in [5.74, 6) is -0.703. The number of para-hydroxylation sites is 1. The number of carbonyl (C=O) groups excluding carboxylic acids is 1. The normalized spacial score (nSPS) is 10.8. The molecule has 106 valence electrons. The van der Waals surface area contributed by atoms with E-state index in [1.807, 2.05) is 18.2 Å². The van der Waals surface area contributed by atoms with Crippen LogP contribution in [-0.2, 0) is 4.74 Å². The van der Waals surface area contributed by atoms with Gasteiger partial charge in [0.05, 0.1) is 12.1 Å². The molecule has 4 heteroatoms. The molecule has 0 unspecified atom stereocenters. The van der Waals surface area contributed by atoms with E-state index in [2.05, 4.69) is 4.98 Å². The van der Waals surface area contributed by atoms with E-state index in [4.69, 9.17) is 4.74 Å². The van der Waals surface area contributed by atoms with Crippen LogP contribution in [0.15, 0.2) is 48.5 Å². The summed E-state index contributed by atoms with van der Waals surface area (Å²) in [5, 5.41) is 0.846. The maximum Gasteiger partial charge on any atom is 0.354 e. The highest BCUT2D eigenvalue weighted by atomic mass is 19.1. The van der Waals surface area contributed by atoms with E-state index in [9.17, 15) is 9.18 Å². The fourth-order valence-electron chi connectivity index (χ4n) is 2.38. The molecule has 1 aromatic heterocycles. The molecule has 0 saturated heterocycles. The lowest BCUT2D eigenvalue weighted by Gasteiger charge is -2.05. The Hall–Kier alpha value is -2.62. The van der Waals surface area contributed by atoms with Crippen molar-refractivity contribution in [3.05, 3.63) is 60.0 Å². The Bertz CT molecular complexity index is 807. The molecule has 0 amide bonds. The summed E-state index contributed by atoms with van der Waals surface area (Å²) in [7, 11) is 0. The van der Waals surface area contributed by atoms with Crippen LogP contribution >= 0.6 is 0 Å². The number of fused-ring (bicyclic) bond motifs is 1. The molecule has 3 aromatic rings. The van der Waals surface area contributed by atoms with E-state index in [0.29, 0.717) is 17.9 Å². The largest absolute Gasteiger partial charge is 0.461 e. The number of H-pyrrole nitrogens is 1. The summed E-state index contributed by atoms with van der Waals surface area (Å²) in [5.41, 5.74) is 2.32. The smallest absolute Gasteiger partial charge is 0.354 e. The number of hydrogen-bond acceptors (Lipinski definition) is 2. The van der Waals surface area contributed by atoms with Crippen molar-refractivity contribution < 1.29 is 13.9 Å². The Morgan fingerprint density at radius 3 is 2.67 bits per heavy atom. The Labute approximate surface area is 121 Å². The zero-order valence-electron chi connectivity index (χ0n) is 11.5. The molecular weight excluding hydrogens is 269 g/mol. The van der Waals surface area contributed by atoms with Gasteiger partial charge in [-0.15, -0.1) is 0 Å². The fraction of sp³-hybridized carbons (Fsp3) is 0.118. The third kappa shape index (κ3) is 2.40. The molecule has 3 rings (SSSR count). The summed E-state index contributed by atoms with van der Waals surface area (Å²) in [4.78, 5) is 14.8. The van der Waals surface area contributed by atoms with Crippen molar-refractivity contribution >= 4 is 16.9 Å². The second-order valence-corrected chi connectivity index (χ2v) is 4.65. The van der Waals surface area contributed by atoms with Crippen LogP contribution < -0.4 is 0 Å². The van der Waals surface area contributed by atoms with Crippen LogP contribution in [0.25, 0.3) is 22.0 Å². The SMILES string of the molecule is CCOC(=O)c1cc2cccc(-c3ccccc3F)c2[nH]1. The maximum absolute atomic E-state index is 14.0. The molecule has 3 nitrogen and oxygen atoms in total. The quantitative estimate of drug-likeness (QED) is 0.734. The van der Waals surface area contributed by atoms with Crippen molar-refractivity contribution in [2.24, 2.45) is 0 Å². The van der Waals surface area contributed by atoms with Crippen LogP contribution in [-0.4, -0.2) is 17.6 Å². The highest BCUT2D eigenvalue weighted by Crippen LogP contribution is 2.30. The summed E-state index contributed by atoms with van der Waals surface area (Å²) in [6.45, 7) is 2.07. The van der Waals surface area contributed by atoms with Gasteiger partial charge in [-0.2, -0.15) is 0 Å². The van der Waals surface area contributed by atoms with E-state index in [1.165, 1.54) is 6.07 Å². The monoisotopic (exact) mass is 283 g/mol. The van der Waals surface area contributed by atoms with Gasteiger partial charge in [-0.05, 0) is 19.1 Å². The molecule has 1 N–H and O–H groups in total. The van der Waals surface area contributed by atoms with Gasteiger partial charge in [0.25, 0.3) is 0 Å². The number of aromatic amines is 1. The van der Waals surface area contributed by atoms with Gasteiger partial charge in [-0.3, -0.25) is 0 Å². The van der Waals surface area contributed by atoms with Crippen LogP contribution in [0.4, 0.5) is 4.39 Å². The van der Waals surface area contributed by atoms with E-state index in [1.54, 1.807) is 31.2 Å². The molecule has 0 fully saturated rings. The molecule has 2 aromatic carbocycles. The number of halogens is 1. The van der Waals surface area contributed by atoms with Gasteiger partial charge in [0.1, 0.15) is 11.5 Å². The minimum atomic E-state index is -0.409. The van der Waals surface area contributed by atoms with Crippen molar-refractivity contribution in [2.45, 2.75) is 6.92 Å². The lowest BCUT2D eigenvalue weighted by atomic mass is 10.0. The molecule has 0 aliphatic rings. The third-order valence-corrected chi connectivity index (χ3v) is 3.32. The Morgan fingerprint density at radius 1 is 1.14 bits per heavy atom. The zero-order chi connectivity index (χ0) is 14.8. The Kier molecular flexibility index (Phi) is 3.44. The van der Waals surface area contributed by atoms with Crippen molar-refractivity contribution in [1.82, 2.24) is 4.98 Å². The minimum Gasteiger partial charge on any atom is -0.461 e. The van der Waals surface area contributed by atoms with Crippen LogP contribution in [0, 0.1) is 5.82 Å². The molecule has 0 saturated carbocycles. The van der Waals surface area contributed by atoms with Crippen LogP contribution in [0.5, 0.6) is 0 Å². The summed E-state index contributed by atoms with van der Waals surface area (Å²) in [6.07, 6.45) is 0. The van der Waals surface area contributed by atoms with Gasteiger partial charge in [0.15, 0.2) is 0 Å². The first kappa shape index (κ1) is 13.4. The Morgan fingerprint density at radius 2 is 1.90 bits per heavy atom. The zero-order valence-corrected chi connectivity index (χ0v) is 11.5. The van der Waals surface area contributed by atoms with Crippen LogP contribution in [0.2, 0.25) is 0 Å². The second kappa shape index (κ2) is 5.40. The van der Waals surface area contributed by atoms with Crippen molar-refractivity contribution in [3.63, 3.8) is 0 Å². The minimum absolute atomic E-state index is 0.294. The lowest BCUT2D eigenvalue weighted by molar-refractivity contribution is 0.0520. The van der Waals surface area contributed by atoms with Gasteiger partial charge < -0.3 is 9.72 Å². The molecule has 21 heavy (non-hydrogen) atoms. The highest BCUT2D eigenvalue weighted by Gasteiger charge is 2.14. The number of esters is 1. The van der Waals surface area contributed by atoms with Gasteiger partial charge in [0, 0.05) is 16.5 Å². The molecular formula is C17H14FNO2. The van der Waals surface area contributed by atoms with E-state index < -0.39 is 5.97 Å². The molecule has 0 aliphatic heterocycles. The van der Waals surface area contributed by atoms with Crippen LogP contribution in [0.1, 0.15) is 17.4 Å². The van der Waals surface area contributed by atoms with Crippen LogP contribution in [0.3, 0.4) is 0 Å². The van der Waals surface area contributed by atoms with E-state index in [0.717, 1.165) is 16.5 Å². The highest BCUT2D eigenvalue weighted by molar-refractivity contribution is 6.00. The summed E-state index contributed by atoms with van der Waals surface area (Å²) < 4.78 is 19.0. The number of nitrogens with one attached hydrogen (secondary N) is 1. The topological polar surface area (TPSA) is 42.1 Å². The predicted molar refractivity (Wildman–Crippen MR) is 79.6 cm³/mol. The number of hydrogen-bond donors (Lipinski definition) is 1. The first-order valence-corrected chi connectivity index (χ1v) is 6.74. The average molecular weight is 283 g/mol. The van der Waals surface area contributed by atoms with Gasteiger partial charge in [-0.1, -0.05) is 36.4 Å². The lowest BCUT2D eigenvalue weighted by Crippen LogP contribution is -2.04. The molecule has 0 bridgehead atoms. The van der Waals surface area contributed by atoms with Gasteiger partial charge in [-0.25, -0.2) is 9.18 Å². The molecule has 0 aliphatic carbocycles. The number of ether oxygens (including phenoxy) is 1.